The summed E-state index contributed by atoms with van der Waals surface area (Å²) in [5, 5.41) is 0. The van der Waals surface area contributed by atoms with Crippen molar-refractivity contribution >= 4 is 17.8 Å². The summed E-state index contributed by atoms with van der Waals surface area (Å²) in [5.74, 6) is 1.08. The molecule has 0 radical (unpaired) electrons. The van der Waals surface area contributed by atoms with Gasteiger partial charge in [-0.15, -0.1) is 0 Å². The number of esters is 1. The predicted molar refractivity (Wildman–Crippen MR) is 94.5 cm³/mol. The van der Waals surface area contributed by atoms with Crippen LogP contribution in [0.2, 0.25) is 0 Å². The van der Waals surface area contributed by atoms with E-state index in [1.54, 1.807) is 50.4 Å². The summed E-state index contributed by atoms with van der Waals surface area (Å²) in [7, 11) is 2.89. The largest absolute Gasteiger partial charge is 0.497 e. The number of benzene rings is 2. The van der Waals surface area contributed by atoms with E-state index in [-0.39, 0.29) is 11.5 Å². The predicted octanol–water partition coefficient (Wildman–Crippen LogP) is 3.25. The van der Waals surface area contributed by atoms with Gasteiger partial charge in [-0.1, -0.05) is 12.1 Å². The van der Waals surface area contributed by atoms with Crippen molar-refractivity contribution in [2.75, 3.05) is 14.2 Å². The summed E-state index contributed by atoms with van der Waals surface area (Å²) < 4.78 is 20.9. The van der Waals surface area contributed by atoms with Crippen molar-refractivity contribution in [1.29, 1.82) is 0 Å². The van der Waals surface area contributed by atoms with Gasteiger partial charge >= 0.3 is 5.97 Å². The zero-order valence-corrected chi connectivity index (χ0v) is 14.6. The Bertz CT molecular complexity index is 866. The van der Waals surface area contributed by atoms with Crippen LogP contribution in [0.5, 0.6) is 17.2 Å². The normalized spacial score (nSPS) is 15.2. The molecule has 0 N–H and O–H groups in total. The lowest BCUT2D eigenvalue weighted by Gasteiger charge is -2.12. The second-order valence-corrected chi connectivity index (χ2v) is 5.65. The number of carbonyl (C=O) groups excluding carboxylic acids is 2. The van der Waals surface area contributed by atoms with E-state index in [2.05, 4.69) is 4.74 Å². The van der Waals surface area contributed by atoms with Crippen molar-refractivity contribution in [3.8, 4) is 17.2 Å². The van der Waals surface area contributed by atoms with Crippen LogP contribution >= 0.6 is 0 Å². The van der Waals surface area contributed by atoms with Gasteiger partial charge in [0.05, 0.1) is 19.8 Å². The van der Waals surface area contributed by atoms with Crippen LogP contribution in [0.15, 0.2) is 48.2 Å². The topological polar surface area (TPSA) is 71.1 Å². The molecule has 0 spiro atoms. The van der Waals surface area contributed by atoms with Gasteiger partial charge in [0.1, 0.15) is 17.2 Å². The number of rotatable bonds is 5. The standard InChI is InChI=1S/C20H18O6/c1-12(20(22)24-3)25-15-8-9-16-17(11-15)26-18(19(16)21)10-13-4-6-14(23-2)7-5-13/h4-12H,1-3H3/b18-10-/t12-/m0/s1. The summed E-state index contributed by atoms with van der Waals surface area (Å²) in [6.07, 6.45) is 0.906. The molecule has 0 bridgehead atoms. The molecular weight excluding hydrogens is 336 g/mol. The first-order chi connectivity index (χ1) is 12.5. The molecule has 1 heterocycles. The zero-order chi connectivity index (χ0) is 18.7. The van der Waals surface area contributed by atoms with E-state index >= 15 is 0 Å². The monoisotopic (exact) mass is 354 g/mol. The zero-order valence-electron chi connectivity index (χ0n) is 14.6. The molecule has 0 amide bonds. The fourth-order valence-corrected chi connectivity index (χ4v) is 2.51. The van der Waals surface area contributed by atoms with Crippen LogP contribution in [0.4, 0.5) is 0 Å². The van der Waals surface area contributed by atoms with E-state index in [0.29, 0.717) is 17.1 Å². The molecule has 0 saturated heterocycles. The SMILES string of the molecule is COC(=O)[C@H](C)Oc1ccc2c(c1)O/C(=C\c1ccc(OC)cc1)C2=O. The Balaban J connectivity index is 1.79. The lowest BCUT2D eigenvalue weighted by atomic mass is 10.1. The maximum absolute atomic E-state index is 12.5. The molecule has 1 atom stereocenters. The molecule has 0 fully saturated rings. The summed E-state index contributed by atoms with van der Waals surface area (Å²) in [4.78, 5) is 23.9. The first-order valence-corrected chi connectivity index (χ1v) is 7.98. The Morgan fingerprint density at radius 2 is 1.77 bits per heavy atom. The van der Waals surface area contributed by atoms with Gasteiger partial charge in [0.2, 0.25) is 5.78 Å². The van der Waals surface area contributed by atoms with Gasteiger partial charge in [0, 0.05) is 6.07 Å². The average Bonchev–Trinajstić information content (AvgIpc) is 2.96. The number of methoxy groups -OCH3 is 2. The highest BCUT2D eigenvalue weighted by molar-refractivity contribution is 6.14. The van der Waals surface area contributed by atoms with Gasteiger partial charge in [-0.05, 0) is 42.8 Å². The van der Waals surface area contributed by atoms with Gasteiger partial charge in [0.25, 0.3) is 0 Å². The minimum Gasteiger partial charge on any atom is -0.497 e. The first kappa shape index (κ1) is 17.5. The number of allylic oxidation sites excluding steroid dienone is 1. The average molecular weight is 354 g/mol. The number of hydrogen-bond donors (Lipinski definition) is 0. The van der Waals surface area contributed by atoms with E-state index in [0.717, 1.165) is 11.3 Å². The van der Waals surface area contributed by atoms with Gasteiger partial charge in [-0.25, -0.2) is 4.79 Å². The van der Waals surface area contributed by atoms with Crippen molar-refractivity contribution in [1.82, 2.24) is 0 Å². The first-order valence-electron chi connectivity index (χ1n) is 7.98. The van der Waals surface area contributed by atoms with E-state index in [4.69, 9.17) is 14.2 Å². The third-order valence-electron chi connectivity index (χ3n) is 3.90. The van der Waals surface area contributed by atoms with Gasteiger partial charge in [-0.3, -0.25) is 4.79 Å². The second kappa shape index (κ2) is 7.31. The number of fused-ring (bicyclic) bond motifs is 1. The van der Waals surface area contributed by atoms with Crippen molar-refractivity contribution in [3.05, 3.63) is 59.4 Å². The lowest BCUT2D eigenvalue weighted by molar-refractivity contribution is -0.147. The third-order valence-corrected chi connectivity index (χ3v) is 3.90. The number of ether oxygens (including phenoxy) is 4. The molecule has 134 valence electrons. The van der Waals surface area contributed by atoms with Gasteiger partial charge in [-0.2, -0.15) is 0 Å². The van der Waals surface area contributed by atoms with Crippen molar-refractivity contribution in [2.45, 2.75) is 13.0 Å². The van der Waals surface area contributed by atoms with Crippen LogP contribution in [-0.2, 0) is 9.53 Å². The lowest BCUT2D eigenvalue weighted by Crippen LogP contribution is -2.24. The Morgan fingerprint density at radius 1 is 1.08 bits per heavy atom. The molecular formula is C20H18O6. The Kier molecular flexibility index (Phi) is 4.93. The van der Waals surface area contributed by atoms with Gasteiger partial charge < -0.3 is 18.9 Å². The summed E-state index contributed by atoms with van der Waals surface area (Å²) in [6.45, 7) is 1.58. The quantitative estimate of drug-likeness (QED) is 0.606. The number of hydrogen-bond acceptors (Lipinski definition) is 6. The van der Waals surface area contributed by atoms with E-state index in [1.807, 2.05) is 12.1 Å². The smallest absolute Gasteiger partial charge is 0.346 e. The fraction of sp³-hybridized carbons (Fsp3) is 0.200. The highest BCUT2D eigenvalue weighted by Crippen LogP contribution is 2.35. The Hall–Kier alpha value is -3.28. The highest BCUT2D eigenvalue weighted by Gasteiger charge is 2.28. The maximum atomic E-state index is 12.5. The van der Waals surface area contributed by atoms with Crippen LogP contribution in [0, 0.1) is 0 Å². The van der Waals surface area contributed by atoms with Gasteiger partial charge in [0.15, 0.2) is 11.9 Å². The Labute approximate surface area is 150 Å². The van der Waals surface area contributed by atoms with Crippen LogP contribution in [0.3, 0.4) is 0 Å². The molecule has 6 heteroatoms. The minimum atomic E-state index is -0.760. The molecule has 0 saturated carbocycles. The molecule has 6 nitrogen and oxygen atoms in total. The number of carbonyl (C=O) groups is 2. The highest BCUT2D eigenvalue weighted by atomic mass is 16.6. The van der Waals surface area contributed by atoms with E-state index in [1.165, 1.54) is 7.11 Å². The molecule has 26 heavy (non-hydrogen) atoms. The van der Waals surface area contributed by atoms with Crippen LogP contribution in [0.1, 0.15) is 22.8 Å². The molecule has 1 aliphatic heterocycles. The number of ketones is 1. The summed E-state index contributed by atoms with van der Waals surface area (Å²) >= 11 is 0. The summed E-state index contributed by atoms with van der Waals surface area (Å²) in [5.41, 5.74) is 1.26. The van der Waals surface area contributed by atoms with E-state index in [9.17, 15) is 9.59 Å². The molecule has 0 unspecified atom stereocenters. The molecule has 2 aromatic rings. The molecule has 2 aromatic carbocycles. The maximum Gasteiger partial charge on any atom is 0.346 e. The van der Waals surface area contributed by atoms with Crippen molar-refractivity contribution < 1.29 is 28.5 Å². The molecule has 0 aliphatic carbocycles. The summed E-state index contributed by atoms with van der Waals surface area (Å²) in [6, 6.07) is 12.1. The number of Topliss-reactive ketones (excluding diaryl/α,β-unsaturated/α-hetero) is 1. The van der Waals surface area contributed by atoms with Crippen molar-refractivity contribution in [3.63, 3.8) is 0 Å². The fourth-order valence-electron chi connectivity index (χ4n) is 2.51. The van der Waals surface area contributed by atoms with Crippen LogP contribution in [-0.4, -0.2) is 32.1 Å². The molecule has 1 aliphatic rings. The van der Waals surface area contributed by atoms with Crippen LogP contribution < -0.4 is 14.2 Å². The van der Waals surface area contributed by atoms with Crippen LogP contribution in [0.25, 0.3) is 6.08 Å². The van der Waals surface area contributed by atoms with Crippen molar-refractivity contribution in [2.24, 2.45) is 0 Å². The third kappa shape index (κ3) is 3.54. The molecule has 3 rings (SSSR count). The Morgan fingerprint density at radius 3 is 2.42 bits per heavy atom. The van der Waals surface area contributed by atoms with E-state index < -0.39 is 12.1 Å². The second-order valence-electron chi connectivity index (χ2n) is 5.65. The minimum absolute atomic E-state index is 0.205. The molecule has 0 aromatic heterocycles.